The second-order valence-electron chi connectivity index (χ2n) is 10.0. The molecule has 1 atom stereocenters. The Hall–Kier alpha value is -1.69. The Bertz CT molecular complexity index is 961. The molecular formula is C23H33N3O2S. The van der Waals surface area contributed by atoms with Gasteiger partial charge in [-0.3, -0.25) is 14.2 Å². The fourth-order valence-corrected chi connectivity index (χ4v) is 5.99. The molecule has 5 nitrogen and oxygen atoms in total. The van der Waals surface area contributed by atoms with Gasteiger partial charge in [-0.25, -0.2) is 4.98 Å². The number of aromatic nitrogens is 2. The first kappa shape index (κ1) is 20.6. The number of hydrogen-bond acceptors (Lipinski definition) is 4. The number of thiophene rings is 1. The van der Waals surface area contributed by atoms with Crippen molar-refractivity contribution in [3.8, 4) is 0 Å². The number of hydrogen-bond donors (Lipinski definition) is 0. The van der Waals surface area contributed by atoms with Crippen LogP contribution in [0.5, 0.6) is 0 Å². The number of fused-ring (bicyclic) bond motifs is 3. The Balaban J connectivity index is 1.51. The Labute approximate surface area is 177 Å². The van der Waals surface area contributed by atoms with Gasteiger partial charge < -0.3 is 4.90 Å². The van der Waals surface area contributed by atoms with E-state index in [4.69, 9.17) is 0 Å². The summed E-state index contributed by atoms with van der Waals surface area (Å²) in [4.78, 5) is 34.5. The van der Waals surface area contributed by atoms with Crippen LogP contribution in [0.15, 0.2) is 11.1 Å². The van der Waals surface area contributed by atoms with Crippen molar-refractivity contribution >= 4 is 27.5 Å². The molecule has 0 spiro atoms. The molecule has 1 amide bonds. The highest BCUT2D eigenvalue weighted by Gasteiger charge is 2.31. The van der Waals surface area contributed by atoms with Crippen molar-refractivity contribution in [1.82, 2.24) is 14.5 Å². The summed E-state index contributed by atoms with van der Waals surface area (Å²) in [5.41, 5.74) is 1.53. The number of nitrogens with zero attached hydrogens (tertiary/aromatic N) is 3. The van der Waals surface area contributed by atoms with Gasteiger partial charge in [0.05, 0.1) is 11.7 Å². The van der Waals surface area contributed by atoms with Gasteiger partial charge >= 0.3 is 0 Å². The van der Waals surface area contributed by atoms with Crippen LogP contribution >= 0.6 is 11.3 Å². The summed E-state index contributed by atoms with van der Waals surface area (Å²) in [6, 6.07) is 0. The van der Waals surface area contributed by atoms with Crippen molar-refractivity contribution in [3.05, 3.63) is 27.1 Å². The minimum Gasteiger partial charge on any atom is -0.343 e. The summed E-state index contributed by atoms with van der Waals surface area (Å²) in [7, 11) is 0. The number of carbonyl (C=O) groups is 1. The Morgan fingerprint density at radius 2 is 1.97 bits per heavy atom. The lowest BCUT2D eigenvalue weighted by atomic mass is 9.72. The molecule has 2 aromatic rings. The smallest absolute Gasteiger partial charge is 0.262 e. The lowest BCUT2D eigenvalue weighted by molar-refractivity contribution is -0.132. The number of amides is 1. The van der Waals surface area contributed by atoms with E-state index in [2.05, 4.69) is 32.7 Å². The predicted molar refractivity (Wildman–Crippen MR) is 118 cm³/mol. The Kier molecular flexibility index (Phi) is 5.58. The molecule has 1 saturated heterocycles. The molecular weight excluding hydrogens is 382 g/mol. The average Bonchev–Trinajstić information content (AvgIpc) is 3.05. The summed E-state index contributed by atoms with van der Waals surface area (Å²) in [6.45, 7) is 11.3. The van der Waals surface area contributed by atoms with E-state index < -0.39 is 0 Å². The maximum Gasteiger partial charge on any atom is 0.262 e. The van der Waals surface area contributed by atoms with Gasteiger partial charge in [-0.05, 0) is 54.9 Å². The van der Waals surface area contributed by atoms with Gasteiger partial charge in [0.2, 0.25) is 5.91 Å². The van der Waals surface area contributed by atoms with Gasteiger partial charge in [0, 0.05) is 30.9 Å². The Morgan fingerprint density at radius 3 is 2.66 bits per heavy atom. The minimum absolute atomic E-state index is 0.0294. The van der Waals surface area contributed by atoms with Gasteiger partial charge in [-0.2, -0.15) is 0 Å². The number of likely N-dealkylation sites (tertiary alicyclic amines) is 1. The first-order valence-corrected chi connectivity index (χ1v) is 11.8. The fourth-order valence-electron chi connectivity index (χ4n) is 4.73. The second kappa shape index (κ2) is 7.86. The normalized spacial score (nSPS) is 20.8. The van der Waals surface area contributed by atoms with E-state index in [1.165, 1.54) is 10.4 Å². The topological polar surface area (TPSA) is 55.2 Å². The largest absolute Gasteiger partial charge is 0.343 e. The predicted octanol–water partition coefficient (Wildman–Crippen LogP) is 4.26. The van der Waals surface area contributed by atoms with Crippen LogP contribution in [-0.4, -0.2) is 33.4 Å². The van der Waals surface area contributed by atoms with Crippen LogP contribution in [0.25, 0.3) is 10.2 Å². The van der Waals surface area contributed by atoms with Crippen LogP contribution in [0.2, 0.25) is 0 Å². The first-order chi connectivity index (χ1) is 13.7. The Morgan fingerprint density at radius 1 is 1.24 bits per heavy atom. The molecule has 0 bridgehead atoms. The summed E-state index contributed by atoms with van der Waals surface area (Å²) >= 11 is 1.69. The lowest BCUT2D eigenvalue weighted by Gasteiger charge is -2.33. The monoisotopic (exact) mass is 415 g/mol. The maximum absolute atomic E-state index is 13.2. The molecule has 2 aromatic heterocycles. The molecule has 3 heterocycles. The lowest BCUT2D eigenvalue weighted by Crippen LogP contribution is -2.38. The van der Waals surface area contributed by atoms with E-state index in [-0.39, 0.29) is 16.9 Å². The number of carbonyl (C=O) groups excluding carboxylic acids is 1. The first-order valence-electron chi connectivity index (χ1n) is 11.0. The van der Waals surface area contributed by atoms with Crippen molar-refractivity contribution in [3.63, 3.8) is 0 Å². The van der Waals surface area contributed by atoms with Gasteiger partial charge in [-0.1, -0.05) is 27.7 Å². The van der Waals surface area contributed by atoms with E-state index in [0.29, 0.717) is 24.8 Å². The van der Waals surface area contributed by atoms with Gasteiger partial charge in [-0.15, -0.1) is 11.3 Å². The van der Waals surface area contributed by atoms with Crippen molar-refractivity contribution in [1.29, 1.82) is 0 Å². The zero-order valence-electron chi connectivity index (χ0n) is 18.2. The van der Waals surface area contributed by atoms with Gasteiger partial charge in [0.25, 0.3) is 5.56 Å². The number of piperidine rings is 1. The summed E-state index contributed by atoms with van der Waals surface area (Å²) in [5, 5.41) is 0.805. The average molecular weight is 416 g/mol. The quantitative estimate of drug-likeness (QED) is 0.753. The van der Waals surface area contributed by atoms with Crippen LogP contribution in [0, 0.1) is 17.3 Å². The van der Waals surface area contributed by atoms with Crippen LogP contribution < -0.4 is 5.56 Å². The molecule has 4 rings (SSSR count). The number of rotatable bonds is 3. The molecule has 2 aliphatic rings. The molecule has 1 aliphatic carbocycles. The molecule has 1 unspecified atom stereocenters. The van der Waals surface area contributed by atoms with Gasteiger partial charge in [0.15, 0.2) is 0 Å². The SMILES string of the molecule is CC1CCN(C(=O)CCn2cnc3sc4c(c3c2=O)CCC(C(C)(C)C)C4)CC1. The molecule has 29 heavy (non-hydrogen) atoms. The number of aryl methyl sites for hydroxylation is 2. The van der Waals surface area contributed by atoms with Crippen molar-refractivity contribution < 1.29 is 4.79 Å². The molecule has 158 valence electrons. The molecule has 1 fully saturated rings. The van der Waals surface area contributed by atoms with Crippen molar-refractivity contribution in [2.24, 2.45) is 17.3 Å². The zero-order chi connectivity index (χ0) is 20.8. The van der Waals surface area contributed by atoms with Crippen LogP contribution in [-0.2, 0) is 24.2 Å². The molecule has 0 N–H and O–H groups in total. The third-order valence-corrected chi connectivity index (χ3v) is 8.13. The molecule has 1 aliphatic heterocycles. The molecule has 0 saturated carbocycles. The summed E-state index contributed by atoms with van der Waals surface area (Å²) < 4.78 is 1.65. The third kappa shape index (κ3) is 4.14. The third-order valence-electron chi connectivity index (χ3n) is 6.96. The molecule has 6 heteroatoms. The molecule has 0 radical (unpaired) electrons. The zero-order valence-corrected chi connectivity index (χ0v) is 19.0. The summed E-state index contributed by atoms with van der Waals surface area (Å²) in [6.07, 6.45) is 7.31. The van der Waals surface area contributed by atoms with E-state index >= 15 is 0 Å². The minimum atomic E-state index is 0.0294. The highest BCUT2D eigenvalue weighted by atomic mass is 32.1. The fraction of sp³-hybridized carbons (Fsp3) is 0.696. The van der Waals surface area contributed by atoms with E-state index in [9.17, 15) is 9.59 Å². The summed E-state index contributed by atoms with van der Waals surface area (Å²) in [5.74, 6) is 1.51. The van der Waals surface area contributed by atoms with Crippen LogP contribution in [0.4, 0.5) is 0 Å². The van der Waals surface area contributed by atoms with Gasteiger partial charge in [0.1, 0.15) is 4.83 Å². The van der Waals surface area contributed by atoms with Crippen molar-refractivity contribution in [2.75, 3.05) is 13.1 Å². The van der Waals surface area contributed by atoms with E-state index in [1.807, 2.05) is 4.90 Å². The molecule has 0 aromatic carbocycles. The highest BCUT2D eigenvalue weighted by molar-refractivity contribution is 7.18. The van der Waals surface area contributed by atoms with E-state index in [1.54, 1.807) is 22.2 Å². The van der Waals surface area contributed by atoms with Crippen LogP contribution in [0.3, 0.4) is 0 Å². The standard InChI is InChI=1S/C23H33N3O2S/c1-15-7-10-25(11-8-15)19(27)9-12-26-14-24-21-20(22(26)28)17-6-5-16(23(2,3)4)13-18(17)29-21/h14-16H,5-13H2,1-4H3. The maximum atomic E-state index is 13.2. The second-order valence-corrected chi connectivity index (χ2v) is 11.1. The van der Waals surface area contributed by atoms with Crippen molar-refractivity contribution in [2.45, 2.75) is 72.8 Å². The van der Waals surface area contributed by atoms with Crippen LogP contribution in [0.1, 0.15) is 63.8 Å². The highest BCUT2D eigenvalue weighted by Crippen LogP contribution is 2.41. The van der Waals surface area contributed by atoms with E-state index in [0.717, 1.165) is 55.4 Å².